The van der Waals surface area contributed by atoms with Crippen molar-refractivity contribution >= 4 is 45.3 Å². The highest BCUT2D eigenvalue weighted by atomic mass is 32.1. The maximum atomic E-state index is 12.5. The number of ether oxygens (including phenoxy) is 1. The zero-order valence-electron chi connectivity index (χ0n) is 15.7. The predicted molar refractivity (Wildman–Crippen MR) is 120 cm³/mol. The first-order valence-corrected chi connectivity index (χ1v) is 10.8. The summed E-state index contributed by atoms with van der Waals surface area (Å²) in [5.41, 5.74) is 1.16. The van der Waals surface area contributed by atoms with Gasteiger partial charge in [0.1, 0.15) is 5.75 Å². The molecule has 2 heterocycles. The van der Waals surface area contributed by atoms with Crippen molar-refractivity contribution in [2.75, 3.05) is 10.6 Å². The van der Waals surface area contributed by atoms with Gasteiger partial charge < -0.3 is 10.1 Å². The van der Waals surface area contributed by atoms with Crippen molar-refractivity contribution in [3.05, 3.63) is 88.1 Å². The van der Waals surface area contributed by atoms with Crippen LogP contribution in [-0.2, 0) is 11.2 Å². The van der Waals surface area contributed by atoms with Gasteiger partial charge in [-0.25, -0.2) is 4.98 Å². The summed E-state index contributed by atoms with van der Waals surface area (Å²) in [6.07, 6.45) is 0.0883. The summed E-state index contributed by atoms with van der Waals surface area (Å²) in [5.74, 6) is 0.812. The van der Waals surface area contributed by atoms with Gasteiger partial charge >= 0.3 is 0 Å². The minimum absolute atomic E-state index is 0.0883. The molecule has 150 valence electrons. The number of amides is 2. The normalized spacial score (nSPS) is 10.4. The smallest absolute Gasteiger partial charge is 0.267 e. The zero-order chi connectivity index (χ0) is 20.8. The molecule has 0 aliphatic rings. The van der Waals surface area contributed by atoms with Gasteiger partial charge in [-0.1, -0.05) is 36.4 Å². The SMILES string of the molecule is O=C(Cc1csc(NC(=O)c2cccs2)n1)Nc1ccccc1Oc1ccccc1. The zero-order valence-corrected chi connectivity index (χ0v) is 17.3. The molecule has 0 bridgehead atoms. The Kier molecular flexibility index (Phi) is 6.17. The molecule has 0 unspecified atom stereocenters. The van der Waals surface area contributed by atoms with Crippen LogP contribution in [-0.4, -0.2) is 16.8 Å². The summed E-state index contributed by atoms with van der Waals surface area (Å²) in [5, 5.41) is 9.68. The van der Waals surface area contributed by atoms with E-state index < -0.39 is 0 Å². The molecule has 2 aromatic carbocycles. The number of rotatable bonds is 7. The average Bonchev–Trinajstić information content (AvgIpc) is 3.43. The second-order valence-electron chi connectivity index (χ2n) is 6.21. The van der Waals surface area contributed by atoms with Gasteiger partial charge in [-0.3, -0.25) is 14.9 Å². The van der Waals surface area contributed by atoms with Gasteiger partial charge in [0, 0.05) is 5.38 Å². The number of anilines is 2. The van der Waals surface area contributed by atoms with Gasteiger partial charge in [0.05, 0.1) is 22.7 Å². The molecule has 0 atom stereocenters. The number of carbonyl (C=O) groups is 2. The summed E-state index contributed by atoms with van der Waals surface area (Å²) in [6, 6.07) is 20.2. The molecule has 0 radical (unpaired) electrons. The van der Waals surface area contributed by atoms with E-state index in [1.807, 2.05) is 53.9 Å². The lowest BCUT2D eigenvalue weighted by atomic mass is 10.2. The monoisotopic (exact) mass is 435 g/mol. The molecule has 4 aromatic rings. The lowest BCUT2D eigenvalue weighted by Crippen LogP contribution is -2.15. The van der Waals surface area contributed by atoms with Crippen LogP contribution in [0.2, 0.25) is 0 Å². The van der Waals surface area contributed by atoms with Crippen molar-refractivity contribution in [3.8, 4) is 11.5 Å². The summed E-state index contributed by atoms with van der Waals surface area (Å²) < 4.78 is 5.87. The van der Waals surface area contributed by atoms with E-state index in [0.29, 0.717) is 32.9 Å². The Morgan fingerprint density at radius 3 is 2.50 bits per heavy atom. The van der Waals surface area contributed by atoms with Gasteiger partial charge in [0.15, 0.2) is 10.9 Å². The molecule has 6 nitrogen and oxygen atoms in total. The average molecular weight is 436 g/mol. The van der Waals surface area contributed by atoms with Crippen molar-refractivity contribution in [1.29, 1.82) is 0 Å². The van der Waals surface area contributed by atoms with Crippen molar-refractivity contribution in [1.82, 2.24) is 4.98 Å². The standard InChI is InChI=1S/C22H17N3O3S2/c26-20(13-15-14-30-22(23-15)25-21(27)19-11-6-12-29-19)24-17-9-4-5-10-18(17)28-16-7-2-1-3-8-16/h1-12,14H,13H2,(H,24,26)(H,23,25,27). The third-order valence-electron chi connectivity index (χ3n) is 3.99. The molecule has 0 aliphatic carbocycles. The second-order valence-corrected chi connectivity index (χ2v) is 8.02. The fourth-order valence-corrected chi connectivity index (χ4v) is 3.97. The summed E-state index contributed by atoms with van der Waals surface area (Å²) in [6.45, 7) is 0. The van der Waals surface area contributed by atoms with E-state index in [1.54, 1.807) is 23.6 Å². The molecule has 2 amide bonds. The molecular formula is C22H17N3O3S2. The molecule has 2 N–H and O–H groups in total. The number of hydrogen-bond donors (Lipinski definition) is 2. The van der Waals surface area contributed by atoms with Gasteiger partial charge in [0.2, 0.25) is 5.91 Å². The minimum Gasteiger partial charge on any atom is -0.455 e. The van der Waals surface area contributed by atoms with Crippen LogP contribution in [0.4, 0.5) is 10.8 Å². The minimum atomic E-state index is -0.222. The Morgan fingerprint density at radius 2 is 1.70 bits per heavy atom. The molecule has 0 saturated carbocycles. The van der Waals surface area contributed by atoms with Crippen LogP contribution in [0.15, 0.2) is 77.5 Å². The molecular weight excluding hydrogens is 418 g/mol. The Balaban J connectivity index is 1.37. The highest BCUT2D eigenvalue weighted by molar-refractivity contribution is 7.14. The highest BCUT2D eigenvalue weighted by Crippen LogP contribution is 2.29. The Hall–Kier alpha value is -3.49. The fourth-order valence-electron chi connectivity index (χ4n) is 2.65. The van der Waals surface area contributed by atoms with Crippen LogP contribution >= 0.6 is 22.7 Å². The topological polar surface area (TPSA) is 80.3 Å². The van der Waals surface area contributed by atoms with E-state index in [2.05, 4.69) is 15.6 Å². The summed E-state index contributed by atoms with van der Waals surface area (Å²) in [4.78, 5) is 29.6. The van der Waals surface area contributed by atoms with Crippen LogP contribution in [0.25, 0.3) is 0 Å². The Bertz CT molecular complexity index is 1140. The third-order valence-corrected chi connectivity index (χ3v) is 5.67. The Morgan fingerprint density at radius 1 is 0.900 bits per heavy atom. The fraction of sp³-hybridized carbons (Fsp3) is 0.0455. The van der Waals surface area contributed by atoms with E-state index in [-0.39, 0.29) is 18.2 Å². The molecule has 8 heteroatoms. The van der Waals surface area contributed by atoms with E-state index in [0.717, 1.165) is 0 Å². The van der Waals surface area contributed by atoms with Crippen molar-refractivity contribution < 1.29 is 14.3 Å². The van der Waals surface area contributed by atoms with Gasteiger partial charge in [-0.15, -0.1) is 22.7 Å². The van der Waals surface area contributed by atoms with Crippen LogP contribution in [0, 0.1) is 0 Å². The molecule has 0 aliphatic heterocycles. The first-order chi connectivity index (χ1) is 14.7. The van der Waals surface area contributed by atoms with Gasteiger partial charge in [0.25, 0.3) is 5.91 Å². The van der Waals surface area contributed by atoms with E-state index in [4.69, 9.17) is 4.74 Å². The molecule has 0 spiro atoms. The molecule has 2 aromatic heterocycles. The molecule has 4 rings (SSSR count). The summed E-state index contributed by atoms with van der Waals surface area (Å²) in [7, 11) is 0. The number of thiazole rings is 1. The van der Waals surface area contributed by atoms with E-state index in [1.165, 1.54) is 22.7 Å². The lowest BCUT2D eigenvalue weighted by molar-refractivity contribution is -0.115. The van der Waals surface area contributed by atoms with Crippen molar-refractivity contribution in [2.45, 2.75) is 6.42 Å². The highest BCUT2D eigenvalue weighted by Gasteiger charge is 2.13. The van der Waals surface area contributed by atoms with Crippen molar-refractivity contribution in [2.24, 2.45) is 0 Å². The number of hydrogen-bond acceptors (Lipinski definition) is 6. The number of aromatic nitrogens is 1. The number of thiophene rings is 1. The van der Waals surface area contributed by atoms with E-state index >= 15 is 0 Å². The first-order valence-electron chi connectivity index (χ1n) is 9.08. The lowest BCUT2D eigenvalue weighted by Gasteiger charge is -2.11. The van der Waals surface area contributed by atoms with Gasteiger partial charge in [-0.2, -0.15) is 0 Å². The largest absolute Gasteiger partial charge is 0.455 e. The third kappa shape index (κ3) is 5.11. The quantitative estimate of drug-likeness (QED) is 0.406. The van der Waals surface area contributed by atoms with E-state index in [9.17, 15) is 9.59 Å². The number of nitrogens with one attached hydrogen (secondary N) is 2. The van der Waals surface area contributed by atoms with Crippen LogP contribution < -0.4 is 15.4 Å². The maximum absolute atomic E-state index is 12.5. The number of benzene rings is 2. The van der Waals surface area contributed by atoms with Crippen LogP contribution in [0.5, 0.6) is 11.5 Å². The van der Waals surface area contributed by atoms with Crippen molar-refractivity contribution in [3.63, 3.8) is 0 Å². The number of para-hydroxylation sites is 3. The van der Waals surface area contributed by atoms with Gasteiger partial charge in [-0.05, 0) is 35.7 Å². The molecule has 0 saturated heterocycles. The molecule has 0 fully saturated rings. The predicted octanol–water partition coefficient (Wildman–Crippen LogP) is 5.43. The number of nitrogens with zero attached hydrogens (tertiary/aromatic N) is 1. The summed E-state index contributed by atoms with van der Waals surface area (Å²) >= 11 is 2.64. The van der Waals surface area contributed by atoms with Crippen LogP contribution in [0.1, 0.15) is 15.4 Å². The molecule has 30 heavy (non-hydrogen) atoms. The second kappa shape index (κ2) is 9.34. The maximum Gasteiger partial charge on any atom is 0.267 e. The Labute approximate surface area is 181 Å². The number of carbonyl (C=O) groups excluding carboxylic acids is 2. The first kappa shape index (κ1) is 19.8. The van der Waals surface area contributed by atoms with Crippen LogP contribution in [0.3, 0.4) is 0 Å².